The van der Waals surface area contributed by atoms with E-state index in [0.717, 1.165) is 24.4 Å². The Morgan fingerprint density at radius 1 is 1.44 bits per heavy atom. The van der Waals surface area contributed by atoms with Gasteiger partial charge in [0.25, 0.3) is 5.88 Å². The molecule has 1 aliphatic heterocycles. The fourth-order valence-corrected chi connectivity index (χ4v) is 2.24. The van der Waals surface area contributed by atoms with Gasteiger partial charge in [-0.25, -0.2) is 4.58 Å². The summed E-state index contributed by atoms with van der Waals surface area (Å²) in [5, 5.41) is 3.19. The monoisotopic (exact) mass is 267 g/mol. The normalized spacial score (nSPS) is 14.8. The van der Waals surface area contributed by atoms with Crippen molar-refractivity contribution in [1.29, 1.82) is 0 Å². The maximum Gasteiger partial charge on any atom is 0.254 e. The van der Waals surface area contributed by atoms with Gasteiger partial charge < -0.3 is 10.1 Å². The molecule has 5 nitrogen and oxygen atoms in total. The third kappa shape index (κ3) is 3.29. The van der Waals surface area contributed by atoms with Crippen molar-refractivity contribution in [3.8, 4) is 5.88 Å². The van der Waals surface area contributed by atoms with Crippen LogP contribution in [-0.4, -0.2) is 39.9 Å². The van der Waals surface area contributed by atoms with E-state index in [1.807, 2.05) is 19.5 Å². The highest BCUT2D eigenvalue weighted by Crippen LogP contribution is 2.23. The molecule has 1 aliphatic rings. The molecule has 0 bridgehead atoms. The van der Waals surface area contributed by atoms with Crippen molar-refractivity contribution in [1.82, 2.24) is 14.1 Å². The van der Waals surface area contributed by atoms with Crippen molar-refractivity contribution in [2.24, 2.45) is 0 Å². The molecule has 18 heavy (non-hydrogen) atoms. The smallest absolute Gasteiger partial charge is 0.254 e. The van der Waals surface area contributed by atoms with Gasteiger partial charge in [-0.3, -0.25) is 0 Å². The van der Waals surface area contributed by atoms with E-state index in [1.165, 1.54) is 24.6 Å². The van der Waals surface area contributed by atoms with Crippen LogP contribution in [0.1, 0.15) is 31.9 Å². The lowest BCUT2D eigenvalue weighted by molar-refractivity contribution is -0.496. The van der Waals surface area contributed by atoms with E-state index in [4.69, 9.17) is 4.74 Å². The Kier molecular flexibility index (Phi) is 4.69. The SMILES string of the molecule is CCCCCOc1nsnc1C1=CNC[N+](C)=C1. The van der Waals surface area contributed by atoms with E-state index in [1.54, 1.807) is 0 Å². The van der Waals surface area contributed by atoms with Crippen molar-refractivity contribution >= 4 is 23.5 Å². The fourth-order valence-electron chi connectivity index (χ4n) is 1.72. The van der Waals surface area contributed by atoms with Gasteiger partial charge in [-0.15, -0.1) is 4.37 Å². The van der Waals surface area contributed by atoms with E-state index in [9.17, 15) is 0 Å². The molecule has 6 heteroatoms. The molecule has 98 valence electrons. The summed E-state index contributed by atoms with van der Waals surface area (Å²) in [4.78, 5) is 0. The Hall–Kier alpha value is -1.43. The third-order valence-electron chi connectivity index (χ3n) is 2.68. The van der Waals surface area contributed by atoms with Crippen LogP contribution in [0.25, 0.3) is 5.57 Å². The van der Waals surface area contributed by atoms with E-state index in [0.29, 0.717) is 12.5 Å². The predicted octanol–water partition coefficient (Wildman–Crippen LogP) is 1.72. The average molecular weight is 267 g/mol. The van der Waals surface area contributed by atoms with E-state index >= 15 is 0 Å². The fraction of sp³-hybridized carbons (Fsp3) is 0.583. The molecule has 0 aliphatic carbocycles. The summed E-state index contributed by atoms with van der Waals surface area (Å²) in [6.07, 6.45) is 7.45. The summed E-state index contributed by atoms with van der Waals surface area (Å²) in [6, 6.07) is 0. The van der Waals surface area contributed by atoms with E-state index in [-0.39, 0.29) is 0 Å². The van der Waals surface area contributed by atoms with Crippen LogP contribution in [0.15, 0.2) is 6.20 Å². The minimum atomic E-state index is 0.649. The van der Waals surface area contributed by atoms with Crippen LogP contribution < -0.4 is 10.1 Å². The minimum absolute atomic E-state index is 0.649. The number of allylic oxidation sites excluding steroid dienone is 1. The Morgan fingerprint density at radius 3 is 3.11 bits per heavy atom. The number of nitrogens with zero attached hydrogens (tertiary/aromatic N) is 3. The van der Waals surface area contributed by atoms with Crippen LogP contribution in [0.3, 0.4) is 0 Å². The lowest BCUT2D eigenvalue weighted by Gasteiger charge is -2.08. The first-order valence-electron chi connectivity index (χ1n) is 6.25. The number of hydrogen-bond acceptors (Lipinski definition) is 5. The zero-order valence-corrected chi connectivity index (χ0v) is 11.7. The van der Waals surface area contributed by atoms with Crippen LogP contribution in [0.2, 0.25) is 0 Å². The maximum absolute atomic E-state index is 5.70. The highest BCUT2D eigenvalue weighted by Gasteiger charge is 2.18. The molecule has 0 saturated carbocycles. The maximum atomic E-state index is 5.70. The summed E-state index contributed by atoms with van der Waals surface area (Å²) in [6.45, 7) is 3.70. The topological polar surface area (TPSA) is 50.1 Å². The minimum Gasteiger partial charge on any atom is -0.475 e. The van der Waals surface area contributed by atoms with Crippen molar-refractivity contribution in [2.45, 2.75) is 26.2 Å². The van der Waals surface area contributed by atoms with E-state index < -0.39 is 0 Å². The molecular formula is C12H19N4OS+. The van der Waals surface area contributed by atoms with E-state index in [2.05, 4.69) is 25.6 Å². The first-order chi connectivity index (χ1) is 8.81. The first kappa shape index (κ1) is 13.0. The molecule has 0 fully saturated rings. The molecule has 1 aromatic heterocycles. The number of unbranched alkanes of at least 4 members (excludes halogenated alkanes) is 2. The summed E-state index contributed by atoms with van der Waals surface area (Å²) >= 11 is 1.19. The van der Waals surface area contributed by atoms with Crippen molar-refractivity contribution in [3.05, 3.63) is 11.9 Å². The lowest BCUT2D eigenvalue weighted by Crippen LogP contribution is -2.25. The second-order valence-electron chi connectivity index (χ2n) is 4.32. The summed E-state index contributed by atoms with van der Waals surface area (Å²) in [5.74, 6) is 0.649. The van der Waals surface area contributed by atoms with Crippen LogP contribution in [0.5, 0.6) is 5.88 Å². The Labute approximate surface area is 112 Å². The number of nitrogens with one attached hydrogen (secondary N) is 1. The number of rotatable bonds is 6. The Bertz CT molecular complexity index is 453. The number of ether oxygens (including phenoxy) is 1. The van der Waals surface area contributed by atoms with Crippen LogP contribution in [0.4, 0.5) is 0 Å². The van der Waals surface area contributed by atoms with Gasteiger partial charge >= 0.3 is 0 Å². The molecule has 1 aromatic rings. The average Bonchev–Trinajstić information content (AvgIpc) is 2.83. The highest BCUT2D eigenvalue weighted by molar-refractivity contribution is 6.99. The predicted molar refractivity (Wildman–Crippen MR) is 73.2 cm³/mol. The Morgan fingerprint density at radius 2 is 2.33 bits per heavy atom. The molecular weight excluding hydrogens is 248 g/mol. The molecule has 0 radical (unpaired) electrons. The van der Waals surface area contributed by atoms with Gasteiger partial charge in [-0.2, -0.15) is 4.37 Å². The number of hydrogen-bond donors (Lipinski definition) is 1. The molecule has 0 atom stereocenters. The number of aromatic nitrogens is 2. The summed E-state index contributed by atoms with van der Waals surface area (Å²) in [5.41, 5.74) is 1.85. The first-order valence-corrected chi connectivity index (χ1v) is 6.98. The molecule has 0 unspecified atom stereocenters. The zero-order chi connectivity index (χ0) is 12.8. The molecule has 0 aromatic carbocycles. The lowest BCUT2D eigenvalue weighted by atomic mass is 10.2. The molecule has 0 amide bonds. The molecule has 0 spiro atoms. The van der Waals surface area contributed by atoms with Gasteiger partial charge in [0.05, 0.1) is 23.9 Å². The van der Waals surface area contributed by atoms with Gasteiger partial charge in [-0.1, -0.05) is 19.8 Å². The Balaban J connectivity index is 2.01. The van der Waals surface area contributed by atoms with Crippen LogP contribution in [-0.2, 0) is 0 Å². The standard InChI is InChI=1S/C12H18N4OS/c1-3-4-5-6-17-12-11(14-18-15-12)10-7-13-9-16(2)8-10/h7-8H,3-6,9H2,1-2H3/p+1. The summed E-state index contributed by atoms with van der Waals surface area (Å²) in [7, 11) is 2.02. The van der Waals surface area contributed by atoms with Gasteiger partial charge in [0.2, 0.25) is 6.67 Å². The van der Waals surface area contributed by atoms with Gasteiger partial charge in [0, 0.05) is 6.20 Å². The van der Waals surface area contributed by atoms with Gasteiger partial charge in [0.1, 0.15) is 7.05 Å². The second kappa shape index (κ2) is 6.49. The van der Waals surface area contributed by atoms with Crippen molar-refractivity contribution < 1.29 is 9.31 Å². The van der Waals surface area contributed by atoms with Crippen LogP contribution in [0, 0.1) is 0 Å². The summed E-state index contributed by atoms with van der Waals surface area (Å²) < 4.78 is 16.3. The van der Waals surface area contributed by atoms with Gasteiger partial charge in [0.15, 0.2) is 11.9 Å². The van der Waals surface area contributed by atoms with Crippen molar-refractivity contribution in [2.75, 3.05) is 20.3 Å². The van der Waals surface area contributed by atoms with Gasteiger partial charge in [-0.05, 0) is 6.42 Å². The third-order valence-corrected chi connectivity index (χ3v) is 3.19. The molecule has 2 heterocycles. The largest absolute Gasteiger partial charge is 0.475 e. The quantitative estimate of drug-likeness (QED) is 0.630. The second-order valence-corrected chi connectivity index (χ2v) is 4.85. The molecule has 0 saturated heterocycles. The van der Waals surface area contributed by atoms with Crippen molar-refractivity contribution in [3.63, 3.8) is 0 Å². The highest BCUT2D eigenvalue weighted by atomic mass is 32.1. The van der Waals surface area contributed by atoms with Crippen LogP contribution >= 0.6 is 11.7 Å². The molecule has 1 N–H and O–H groups in total. The molecule has 2 rings (SSSR count). The zero-order valence-electron chi connectivity index (χ0n) is 10.8.